The first-order valence-electron chi connectivity index (χ1n) is 9.25. The largest absolute Gasteiger partial charge is 0.296 e. The van der Waals surface area contributed by atoms with Gasteiger partial charge in [0.25, 0.3) is 0 Å². The quantitative estimate of drug-likeness (QED) is 0.689. The van der Waals surface area contributed by atoms with E-state index in [2.05, 4.69) is 41.7 Å². The molecular formula is C23H23NO2S. The summed E-state index contributed by atoms with van der Waals surface area (Å²) < 4.78 is 24.2. The molecule has 0 bridgehead atoms. The molecule has 3 aromatic rings. The average Bonchev–Trinajstić information content (AvgIpc) is 3.06. The number of sulfone groups is 1. The zero-order valence-electron chi connectivity index (χ0n) is 15.1. The lowest BCUT2D eigenvalue weighted by Crippen LogP contribution is -2.50. The molecule has 1 saturated heterocycles. The lowest BCUT2D eigenvalue weighted by molar-refractivity contribution is 0.410. The van der Waals surface area contributed by atoms with Gasteiger partial charge in [-0.25, -0.2) is 8.42 Å². The van der Waals surface area contributed by atoms with Gasteiger partial charge < -0.3 is 0 Å². The van der Waals surface area contributed by atoms with E-state index in [0.29, 0.717) is 6.42 Å². The Morgan fingerprint density at radius 1 is 0.704 bits per heavy atom. The molecule has 1 heterocycles. The molecule has 0 amide bonds. The molecule has 0 spiro atoms. The van der Waals surface area contributed by atoms with E-state index in [-0.39, 0.29) is 17.5 Å². The van der Waals surface area contributed by atoms with Gasteiger partial charge in [0.1, 0.15) is 0 Å². The third-order valence-corrected chi connectivity index (χ3v) is 7.04. The van der Waals surface area contributed by atoms with E-state index in [0.717, 1.165) is 16.7 Å². The Morgan fingerprint density at radius 2 is 1.11 bits per heavy atom. The van der Waals surface area contributed by atoms with Crippen LogP contribution in [0, 0.1) is 0 Å². The summed E-state index contributed by atoms with van der Waals surface area (Å²) in [5, 5.41) is 3.75. The van der Waals surface area contributed by atoms with Crippen LogP contribution in [0.1, 0.15) is 23.1 Å². The standard InChI is InChI=1S/C23H23NO2S/c25-27(26)17-16-22(18-27)24-23(19-10-4-1-5-11-19,20-12-6-2-7-13-20)21-14-8-3-9-15-21/h1-15,22,24H,16-18H2. The Hall–Kier alpha value is -2.43. The van der Waals surface area contributed by atoms with Crippen LogP contribution < -0.4 is 5.32 Å². The van der Waals surface area contributed by atoms with Crippen molar-refractivity contribution in [1.82, 2.24) is 5.32 Å². The van der Waals surface area contributed by atoms with E-state index in [1.54, 1.807) is 0 Å². The summed E-state index contributed by atoms with van der Waals surface area (Å²) in [6, 6.07) is 30.8. The molecule has 0 aliphatic carbocycles. The van der Waals surface area contributed by atoms with Gasteiger partial charge in [0.05, 0.1) is 17.0 Å². The monoisotopic (exact) mass is 377 g/mol. The van der Waals surface area contributed by atoms with Gasteiger partial charge in [-0.1, -0.05) is 91.0 Å². The van der Waals surface area contributed by atoms with Gasteiger partial charge in [-0.2, -0.15) is 0 Å². The molecule has 1 N–H and O–H groups in total. The second-order valence-corrected chi connectivity index (χ2v) is 9.32. The zero-order chi connectivity index (χ0) is 18.7. The lowest BCUT2D eigenvalue weighted by atomic mass is 9.76. The summed E-state index contributed by atoms with van der Waals surface area (Å²) >= 11 is 0. The van der Waals surface area contributed by atoms with Crippen LogP contribution in [0.25, 0.3) is 0 Å². The topological polar surface area (TPSA) is 46.2 Å². The van der Waals surface area contributed by atoms with Crippen LogP contribution in [0.15, 0.2) is 91.0 Å². The molecule has 4 rings (SSSR count). The molecule has 1 atom stereocenters. The predicted octanol–water partition coefficient (Wildman–Crippen LogP) is 3.76. The van der Waals surface area contributed by atoms with Gasteiger partial charge in [-0.3, -0.25) is 5.32 Å². The third kappa shape index (κ3) is 3.55. The Labute approximate surface area is 161 Å². The van der Waals surface area contributed by atoms with Crippen molar-refractivity contribution in [3.05, 3.63) is 108 Å². The van der Waals surface area contributed by atoms with Gasteiger partial charge in [0.15, 0.2) is 9.84 Å². The van der Waals surface area contributed by atoms with Crippen molar-refractivity contribution >= 4 is 9.84 Å². The molecule has 1 aliphatic rings. The molecule has 1 fully saturated rings. The van der Waals surface area contributed by atoms with Gasteiger partial charge in [0, 0.05) is 6.04 Å². The molecule has 3 nitrogen and oxygen atoms in total. The second kappa shape index (κ2) is 7.29. The van der Waals surface area contributed by atoms with Crippen LogP contribution in [0.3, 0.4) is 0 Å². The number of rotatable bonds is 5. The zero-order valence-corrected chi connectivity index (χ0v) is 15.9. The highest BCUT2D eigenvalue weighted by Crippen LogP contribution is 2.38. The number of hydrogen-bond acceptors (Lipinski definition) is 3. The van der Waals surface area contributed by atoms with Crippen molar-refractivity contribution in [3.63, 3.8) is 0 Å². The molecule has 4 heteroatoms. The van der Waals surface area contributed by atoms with E-state index in [1.165, 1.54) is 0 Å². The second-order valence-electron chi connectivity index (χ2n) is 7.09. The molecule has 0 radical (unpaired) electrons. The van der Waals surface area contributed by atoms with E-state index in [9.17, 15) is 8.42 Å². The maximum Gasteiger partial charge on any atom is 0.151 e. The Morgan fingerprint density at radius 3 is 1.44 bits per heavy atom. The van der Waals surface area contributed by atoms with Crippen LogP contribution in [0.2, 0.25) is 0 Å². The van der Waals surface area contributed by atoms with E-state index in [1.807, 2.05) is 54.6 Å². The summed E-state index contributed by atoms with van der Waals surface area (Å²) in [5.41, 5.74) is 2.71. The van der Waals surface area contributed by atoms with Crippen molar-refractivity contribution in [3.8, 4) is 0 Å². The summed E-state index contributed by atoms with van der Waals surface area (Å²) in [7, 11) is -2.98. The van der Waals surface area contributed by atoms with Crippen molar-refractivity contribution in [1.29, 1.82) is 0 Å². The molecule has 138 valence electrons. The molecule has 1 aliphatic heterocycles. The Bertz CT molecular complexity index is 890. The molecule has 27 heavy (non-hydrogen) atoms. The minimum absolute atomic E-state index is 0.0874. The minimum atomic E-state index is -2.98. The van der Waals surface area contributed by atoms with Crippen molar-refractivity contribution in [2.75, 3.05) is 11.5 Å². The number of benzene rings is 3. The minimum Gasteiger partial charge on any atom is -0.296 e. The maximum absolute atomic E-state index is 12.1. The van der Waals surface area contributed by atoms with Gasteiger partial charge in [-0.15, -0.1) is 0 Å². The van der Waals surface area contributed by atoms with Crippen molar-refractivity contribution < 1.29 is 8.42 Å². The molecule has 3 aromatic carbocycles. The van der Waals surface area contributed by atoms with Gasteiger partial charge in [0.2, 0.25) is 0 Å². The van der Waals surface area contributed by atoms with Gasteiger partial charge in [-0.05, 0) is 23.1 Å². The van der Waals surface area contributed by atoms with E-state index >= 15 is 0 Å². The average molecular weight is 378 g/mol. The summed E-state index contributed by atoms with van der Waals surface area (Å²) in [4.78, 5) is 0. The Kier molecular flexibility index (Phi) is 4.85. The molecule has 1 unspecified atom stereocenters. The predicted molar refractivity (Wildman–Crippen MR) is 109 cm³/mol. The summed E-state index contributed by atoms with van der Waals surface area (Å²) in [5.74, 6) is 0.431. The Balaban J connectivity index is 1.92. The number of hydrogen-bond donors (Lipinski definition) is 1. The van der Waals surface area contributed by atoms with Crippen LogP contribution in [0.4, 0.5) is 0 Å². The third-order valence-electron chi connectivity index (χ3n) is 5.27. The molecular weight excluding hydrogens is 354 g/mol. The molecule has 0 aromatic heterocycles. The van der Waals surface area contributed by atoms with Crippen LogP contribution in [-0.4, -0.2) is 26.0 Å². The SMILES string of the molecule is O=S1(=O)CCC(NC(c2ccccc2)(c2ccccc2)c2ccccc2)C1. The first kappa shape index (κ1) is 18.0. The van der Waals surface area contributed by atoms with Crippen molar-refractivity contribution in [2.24, 2.45) is 0 Å². The summed E-state index contributed by atoms with van der Waals surface area (Å²) in [6.45, 7) is 0. The van der Waals surface area contributed by atoms with E-state index < -0.39 is 15.4 Å². The van der Waals surface area contributed by atoms with Crippen LogP contribution >= 0.6 is 0 Å². The lowest BCUT2D eigenvalue weighted by Gasteiger charge is -2.39. The van der Waals surface area contributed by atoms with Crippen LogP contribution in [-0.2, 0) is 15.4 Å². The fourth-order valence-corrected chi connectivity index (χ4v) is 5.70. The highest BCUT2D eigenvalue weighted by atomic mass is 32.2. The fraction of sp³-hybridized carbons (Fsp3) is 0.217. The fourth-order valence-electron chi connectivity index (χ4n) is 4.03. The highest BCUT2D eigenvalue weighted by molar-refractivity contribution is 7.91. The maximum atomic E-state index is 12.1. The summed E-state index contributed by atoms with van der Waals surface area (Å²) in [6.07, 6.45) is 0.636. The first-order chi connectivity index (χ1) is 13.1. The smallest absolute Gasteiger partial charge is 0.151 e. The van der Waals surface area contributed by atoms with Crippen LogP contribution in [0.5, 0.6) is 0 Å². The van der Waals surface area contributed by atoms with Crippen molar-refractivity contribution in [2.45, 2.75) is 18.0 Å². The first-order valence-corrected chi connectivity index (χ1v) is 11.1. The highest BCUT2D eigenvalue weighted by Gasteiger charge is 2.40. The molecule has 0 saturated carbocycles. The van der Waals surface area contributed by atoms with Gasteiger partial charge >= 0.3 is 0 Å². The number of nitrogens with one attached hydrogen (secondary N) is 1. The normalized spacial score (nSPS) is 19.0. The van der Waals surface area contributed by atoms with E-state index in [4.69, 9.17) is 0 Å².